The Bertz CT molecular complexity index is 544. The summed E-state index contributed by atoms with van der Waals surface area (Å²) in [6.45, 7) is 7.03. The van der Waals surface area contributed by atoms with Crippen LogP contribution >= 0.6 is 0 Å². The summed E-state index contributed by atoms with van der Waals surface area (Å²) >= 11 is 0. The van der Waals surface area contributed by atoms with Crippen LogP contribution in [0.4, 0.5) is 4.39 Å². The highest BCUT2D eigenvalue weighted by Crippen LogP contribution is 2.15. The van der Waals surface area contributed by atoms with Crippen molar-refractivity contribution in [3.63, 3.8) is 0 Å². The molecule has 1 aromatic carbocycles. The van der Waals surface area contributed by atoms with E-state index in [0.717, 1.165) is 5.56 Å². The van der Waals surface area contributed by atoms with Crippen LogP contribution in [0.5, 0.6) is 0 Å². The number of halogens is 1. The molecule has 0 radical (unpaired) electrons. The molecular weight excluding hydrogens is 241 g/mol. The average molecular weight is 259 g/mol. The molecule has 0 spiro atoms. The van der Waals surface area contributed by atoms with E-state index in [1.165, 1.54) is 12.1 Å². The molecule has 0 saturated heterocycles. The number of rotatable bonds is 3. The van der Waals surface area contributed by atoms with Gasteiger partial charge in [-0.2, -0.15) is 0 Å². The maximum absolute atomic E-state index is 13.1. The zero-order valence-corrected chi connectivity index (χ0v) is 11.4. The molecule has 4 heteroatoms. The Balaban J connectivity index is 2.10. The largest absolute Gasteiger partial charge is 0.308 e. The van der Waals surface area contributed by atoms with Crippen LogP contribution in [0.1, 0.15) is 26.3 Å². The van der Waals surface area contributed by atoms with Crippen molar-refractivity contribution in [1.82, 2.24) is 15.3 Å². The lowest BCUT2D eigenvalue weighted by Gasteiger charge is -2.20. The maximum Gasteiger partial charge on any atom is 0.159 e. The second-order valence-corrected chi connectivity index (χ2v) is 5.53. The monoisotopic (exact) mass is 259 g/mol. The van der Waals surface area contributed by atoms with Crippen LogP contribution in [0, 0.1) is 5.82 Å². The molecule has 0 atom stereocenters. The van der Waals surface area contributed by atoms with Gasteiger partial charge >= 0.3 is 0 Å². The molecule has 0 aliphatic heterocycles. The Morgan fingerprint density at radius 3 is 2.42 bits per heavy atom. The first-order chi connectivity index (χ1) is 8.94. The van der Waals surface area contributed by atoms with Crippen molar-refractivity contribution in [2.24, 2.45) is 0 Å². The third kappa shape index (κ3) is 4.10. The lowest BCUT2D eigenvalue weighted by Crippen LogP contribution is -2.35. The highest BCUT2D eigenvalue weighted by atomic mass is 19.1. The van der Waals surface area contributed by atoms with Crippen molar-refractivity contribution in [2.45, 2.75) is 32.9 Å². The molecule has 0 amide bonds. The van der Waals surface area contributed by atoms with Gasteiger partial charge in [-0.15, -0.1) is 0 Å². The minimum atomic E-state index is -0.278. The van der Waals surface area contributed by atoms with Gasteiger partial charge in [-0.3, -0.25) is 0 Å². The molecule has 100 valence electrons. The minimum Gasteiger partial charge on any atom is -0.308 e. The maximum atomic E-state index is 13.1. The summed E-state index contributed by atoms with van der Waals surface area (Å²) in [5.41, 5.74) is 1.76. The van der Waals surface area contributed by atoms with Gasteiger partial charge in [0.1, 0.15) is 5.82 Å². The first-order valence-corrected chi connectivity index (χ1v) is 6.26. The summed E-state index contributed by atoms with van der Waals surface area (Å²) in [5.74, 6) is 0.263. The Morgan fingerprint density at radius 1 is 1.16 bits per heavy atom. The molecule has 2 rings (SSSR count). The molecular formula is C15H18FN3. The normalized spacial score (nSPS) is 11.6. The second kappa shape index (κ2) is 5.45. The third-order valence-corrected chi connectivity index (χ3v) is 2.61. The van der Waals surface area contributed by atoms with Gasteiger partial charge in [0.15, 0.2) is 5.82 Å². The third-order valence-electron chi connectivity index (χ3n) is 2.61. The first kappa shape index (κ1) is 13.6. The van der Waals surface area contributed by atoms with Crippen molar-refractivity contribution in [2.75, 3.05) is 0 Å². The molecule has 0 aliphatic carbocycles. The van der Waals surface area contributed by atoms with Crippen molar-refractivity contribution in [1.29, 1.82) is 0 Å². The summed E-state index contributed by atoms with van der Waals surface area (Å²) in [6, 6.07) is 6.29. The molecule has 19 heavy (non-hydrogen) atoms. The summed E-state index contributed by atoms with van der Waals surface area (Å²) in [6.07, 6.45) is 3.54. The van der Waals surface area contributed by atoms with Crippen molar-refractivity contribution in [3.8, 4) is 11.4 Å². The van der Waals surface area contributed by atoms with Gasteiger partial charge in [0.25, 0.3) is 0 Å². The molecule has 0 fully saturated rings. The van der Waals surface area contributed by atoms with Crippen molar-refractivity contribution >= 4 is 0 Å². The van der Waals surface area contributed by atoms with E-state index in [9.17, 15) is 4.39 Å². The van der Waals surface area contributed by atoms with Gasteiger partial charge in [-0.25, -0.2) is 14.4 Å². The van der Waals surface area contributed by atoms with Gasteiger partial charge < -0.3 is 5.32 Å². The first-order valence-electron chi connectivity index (χ1n) is 6.26. The van der Waals surface area contributed by atoms with Gasteiger partial charge in [0, 0.05) is 35.6 Å². The van der Waals surface area contributed by atoms with Crippen LogP contribution in [0.15, 0.2) is 36.7 Å². The Kier molecular flexibility index (Phi) is 3.90. The standard InChI is InChI=1S/C15H18FN3/c1-15(2,3)19-10-11-8-17-14(18-9-11)12-5-4-6-13(16)7-12/h4-9,19H,10H2,1-3H3. The van der Waals surface area contributed by atoms with Gasteiger partial charge in [-0.05, 0) is 32.9 Å². The number of benzene rings is 1. The topological polar surface area (TPSA) is 37.8 Å². The zero-order chi connectivity index (χ0) is 13.9. The highest BCUT2D eigenvalue weighted by Gasteiger charge is 2.09. The molecule has 0 unspecified atom stereocenters. The van der Waals surface area contributed by atoms with E-state index in [2.05, 4.69) is 36.1 Å². The van der Waals surface area contributed by atoms with Crippen LogP contribution in [-0.4, -0.2) is 15.5 Å². The SMILES string of the molecule is CC(C)(C)NCc1cnc(-c2cccc(F)c2)nc1. The smallest absolute Gasteiger partial charge is 0.159 e. The number of nitrogens with one attached hydrogen (secondary N) is 1. The summed E-state index contributed by atoms with van der Waals surface area (Å²) < 4.78 is 13.1. The Labute approximate surface area is 112 Å². The fourth-order valence-electron chi connectivity index (χ4n) is 1.59. The fraction of sp³-hybridized carbons (Fsp3) is 0.333. The lowest BCUT2D eigenvalue weighted by atomic mass is 10.1. The average Bonchev–Trinajstić information content (AvgIpc) is 2.36. The fourth-order valence-corrected chi connectivity index (χ4v) is 1.59. The van der Waals surface area contributed by atoms with E-state index in [-0.39, 0.29) is 11.4 Å². The van der Waals surface area contributed by atoms with Crippen LogP contribution in [0.3, 0.4) is 0 Å². The predicted octanol–water partition coefficient (Wildman–Crippen LogP) is 3.17. The van der Waals surface area contributed by atoms with E-state index in [0.29, 0.717) is 17.9 Å². The van der Waals surface area contributed by atoms with Gasteiger partial charge in [0.05, 0.1) is 0 Å². The van der Waals surface area contributed by atoms with E-state index in [1.54, 1.807) is 24.5 Å². The number of aromatic nitrogens is 2. The number of nitrogens with zero attached hydrogens (tertiary/aromatic N) is 2. The van der Waals surface area contributed by atoms with Gasteiger partial charge in [0.2, 0.25) is 0 Å². The number of hydrogen-bond acceptors (Lipinski definition) is 3. The van der Waals surface area contributed by atoms with E-state index in [4.69, 9.17) is 0 Å². The quantitative estimate of drug-likeness (QED) is 0.920. The summed E-state index contributed by atoms with van der Waals surface area (Å²) in [4.78, 5) is 8.55. The second-order valence-electron chi connectivity index (χ2n) is 5.53. The molecule has 1 aromatic heterocycles. The van der Waals surface area contributed by atoms with E-state index >= 15 is 0 Å². The zero-order valence-electron chi connectivity index (χ0n) is 11.4. The molecule has 1 heterocycles. The van der Waals surface area contributed by atoms with Crippen LogP contribution in [0.2, 0.25) is 0 Å². The minimum absolute atomic E-state index is 0.0568. The molecule has 0 saturated carbocycles. The summed E-state index contributed by atoms with van der Waals surface area (Å²) in [5, 5.41) is 3.37. The van der Waals surface area contributed by atoms with Crippen LogP contribution < -0.4 is 5.32 Å². The highest BCUT2D eigenvalue weighted by molar-refractivity contribution is 5.54. The van der Waals surface area contributed by atoms with Crippen LogP contribution in [0.25, 0.3) is 11.4 Å². The Hall–Kier alpha value is -1.81. The van der Waals surface area contributed by atoms with Gasteiger partial charge in [-0.1, -0.05) is 12.1 Å². The van der Waals surface area contributed by atoms with Crippen molar-refractivity contribution < 1.29 is 4.39 Å². The van der Waals surface area contributed by atoms with Crippen LogP contribution in [-0.2, 0) is 6.54 Å². The van der Waals surface area contributed by atoms with E-state index < -0.39 is 0 Å². The van der Waals surface area contributed by atoms with Crippen molar-refractivity contribution in [3.05, 3.63) is 48.0 Å². The molecule has 1 N–H and O–H groups in total. The van der Waals surface area contributed by atoms with E-state index in [1.807, 2.05) is 0 Å². The molecule has 0 aliphatic rings. The molecule has 3 nitrogen and oxygen atoms in total. The Morgan fingerprint density at radius 2 is 1.84 bits per heavy atom. The lowest BCUT2D eigenvalue weighted by molar-refractivity contribution is 0.423. The molecule has 2 aromatic rings. The summed E-state index contributed by atoms with van der Waals surface area (Å²) in [7, 11) is 0. The molecule has 0 bridgehead atoms. The number of hydrogen-bond donors (Lipinski definition) is 1. The predicted molar refractivity (Wildman–Crippen MR) is 74.0 cm³/mol.